The minimum absolute atomic E-state index is 0.268. The van der Waals surface area contributed by atoms with Crippen LogP contribution in [-0.4, -0.2) is 17.6 Å². The summed E-state index contributed by atoms with van der Waals surface area (Å²) in [6.07, 6.45) is 3.81. The van der Waals surface area contributed by atoms with Crippen LogP contribution in [0.3, 0.4) is 0 Å². The number of esters is 1. The lowest BCUT2D eigenvalue weighted by Crippen LogP contribution is -2.43. The molecule has 0 bridgehead atoms. The van der Waals surface area contributed by atoms with E-state index >= 15 is 0 Å². The summed E-state index contributed by atoms with van der Waals surface area (Å²) in [7, 11) is 0. The normalized spacial score (nSPS) is 17.6. The van der Waals surface area contributed by atoms with Crippen molar-refractivity contribution in [2.45, 2.75) is 45.1 Å². The van der Waals surface area contributed by atoms with Crippen molar-refractivity contribution in [3.8, 4) is 0 Å². The van der Waals surface area contributed by atoms with Crippen LogP contribution in [0.15, 0.2) is 0 Å². The lowest BCUT2D eigenvalue weighted by molar-refractivity contribution is 0.0530. The Labute approximate surface area is 105 Å². The number of carbonyl (C=O) groups excluding carboxylic acids is 1. The highest BCUT2D eigenvalue weighted by Crippen LogP contribution is 2.41. The molecule has 1 aliphatic carbocycles. The van der Waals surface area contributed by atoms with Crippen LogP contribution < -0.4 is 5.73 Å². The van der Waals surface area contributed by atoms with Crippen molar-refractivity contribution in [1.82, 2.24) is 4.98 Å². The van der Waals surface area contributed by atoms with E-state index in [1.165, 1.54) is 11.3 Å². The van der Waals surface area contributed by atoms with Crippen molar-refractivity contribution in [1.29, 1.82) is 0 Å². The van der Waals surface area contributed by atoms with Crippen molar-refractivity contribution in [2.75, 3.05) is 6.61 Å². The van der Waals surface area contributed by atoms with E-state index in [1.807, 2.05) is 13.8 Å². The number of nitrogens with two attached hydrogens (primary N) is 1. The van der Waals surface area contributed by atoms with Gasteiger partial charge in [-0.25, -0.2) is 9.78 Å². The third-order valence-electron chi connectivity index (χ3n) is 3.16. The molecule has 1 fully saturated rings. The van der Waals surface area contributed by atoms with Gasteiger partial charge in [0.1, 0.15) is 9.88 Å². The first-order valence-electron chi connectivity index (χ1n) is 6.07. The molecule has 0 aromatic carbocycles. The van der Waals surface area contributed by atoms with Gasteiger partial charge in [-0.2, -0.15) is 0 Å². The second kappa shape index (κ2) is 4.74. The van der Waals surface area contributed by atoms with E-state index in [2.05, 4.69) is 4.98 Å². The molecule has 0 aliphatic heterocycles. The van der Waals surface area contributed by atoms with E-state index in [0.29, 0.717) is 11.5 Å². The number of nitrogens with zero attached hydrogens (tertiary/aromatic N) is 1. The molecule has 4 nitrogen and oxygen atoms in total. The van der Waals surface area contributed by atoms with Gasteiger partial charge in [0.25, 0.3) is 0 Å². The molecule has 0 unspecified atom stereocenters. The van der Waals surface area contributed by atoms with Gasteiger partial charge in [-0.15, -0.1) is 11.3 Å². The van der Waals surface area contributed by atoms with Gasteiger partial charge >= 0.3 is 5.97 Å². The van der Waals surface area contributed by atoms with Gasteiger partial charge in [-0.3, -0.25) is 0 Å². The third-order valence-corrected chi connectivity index (χ3v) is 4.46. The fourth-order valence-electron chi connectivity index (χ4n) is 1.93. The molecule has 17 heavy (non-hydrogen) atoms. The maximum absolute atomic E-state index is 11.8. The van der Waals surface area contributed by atoms with Gasteiger partial charge in [0, 0.05) is 0 Å². The van der Waals surface area contributed by atoms with Crippen molar-refractivity contribution >= 4 is 17.3 Å². The topological polar surface area (TPSA) is 65.2 Å². The zero-order valence-electron chi connectivity index (χ0n) is 10.3. The SMILES string of the molecule is CCOC(=O)c1sc(C2(N)CCC2)nc1CC. The molecule has 5 heteroatoms. The van der Waals surface area contributed by atoms with Crippen molar-refractivity contribution in [3.05, 3.63) is 15.6 Å². The Morgan fingerprint density at radius 1 is 1.53 bits per heavy atom. The highest BCUT2D eigenvalue weighted by Gasteiger charge is 2.38. The molecule has 0 spiro atoms. The number of hydrogen-bond donors (Lipinski definition) is 1. The average Bonchev–Trinajstić information content (AvgIpc) is 2.70. The van der Waals surface area contributed by atoms with Crippen LogP contribution >= 0.6 is 11.3 Å². The Morgan fingerprint density at radius 3 is 2.71 bits per heavy atom. The zero-order chi connectivity index (χ0) is 12.5. The molecule has 0 saturated heterocycles. The summed E-state index contributed by atoms with van der Waals surface area (Å²) in [5, 5.41) is 0.892. The van der Waals surface area contributed by atoms with E-state index in [0.717, 1.165) is 36.4 Å². The molecular formula is C12H18N2O2S. The van der Waals surface area contributed by atoms with Crippen LogP contribution in [0.5, 0.6) is 0 Å². The van der Waals surface area contributed by atoms with Gasteiger partial charge in [-0.1, -0.05) is 6.92 Å². The fraction of sp³-hybridized carbons (Fsp3) is 0.667. The van der Waals surface area contributed by atoms with E-state index in [-0.39, 0.29) is 11.5 Å². The molecule has 1 aliphatic rings. The van der Waals surface area contributed by atoms with Gasteiger partial charge in [0.05, 0.1) is 17.8 Å². The van der Waals surface area contributed by atoms with Crippen LogP contribution in [0.4, 0.5) is 0 Å². The predicted molar refractivity (Wildman–Crippen MR) is 67.2 cm³/mol. The second-order valence-electron chi connectivity index (χ2n) is 4.38. The monoisotopic (exact) mass is 254 g/mol. The Hall–Kier alpha value is -0.940. The van der Waals surface area contributed by atoms with Gasteiger partial charge in [0.2, 0.25) is 0 Å². The van der Waals surface area contributed by atoms with E-state index < -0.39 is 0 Å². The fourth-order valence-corrected chi connectivity index (χ4v) is 3.14. The first kappa shape index (κ1) is 12.5. The molecule has 2 N–H and O–H groups in total. The number of hydrogen-bond acceptors (Lipinski definition) is 5. The molecule has 0 radical (unpaired) electrons. The average molecular weight is 254 g/mol. The summed E-state index contributed by atoms with van der Waals surface area (Å²) >= 11 is 1.40. The minimum Gasteiger partial charge on any atom is -0.462 e. The van der Waals surface area contributed by atoms with Crippen LogP contribution in [0.2, 0.25) is 0 Å². The molecule has 1 heterocycles. The molecular weight excluding hydrogens is 236 g/mol. The molecule has 94 valence electrons. The van der Waals surface area contributed by atoms with Crippen LogP contribution in [0.1, 0.15) is 53.5 Å². The standard InChI is InChI=1S/C12H18N2O2S/c1-3-8-9(10(15)16-4-2)17-11(14-8)12(13)6-5-7-12/h3-7,13H2,1-2H3. The summed E-state index contributed by atoms with van der Waals surface area (Å²) in [5.41, 5.74) is 6.76. The maximum atomic E-state index is 11.8. The van der Waals surface area contributed by atoms with E-state index in [4.69, 9.17) is 10.5 Å². The second-order valence-corrected chi connectivity index (χ2v) is 5.38. The summed E-state index contributed by atoms with van der Waals surface area (Å²) in [6, 6.07) is 0. The lowest BCUT2D eigenvalue weighted by Gasteiger charge is -2.35. The van der Waals surface area contributed by atoms with Crippen LogP contribution in [0.25, 0.3) is 0 Å². The highest BCUT2D eigenvalue weighted by molar-refractivity contribution is 7.13. The lowest BCUT2D eigenvalue weighted by atomic mass is 9.78. The largest absolute Gasteiger partial charge is 0.462 e. The summed E-state index contributed by atoms with van der Waals surface area (Å²) in [5.74, 6) is -0.268. The van der Waals surface area contributed by atoms with Crippen molar-refractivity contribution in [3.63, 3.8) is 0 Å². The molecule has 2 rings (SSSR count). The van der Waals surface area contributed by atoms with Gasteiger partial charge < -0.3 is 10.5 Å². The number of rotatable bonds is 4. The first-order valence-corrected chi connectivity index (χ1v) is 6.88. The molecule has 1 aromatic heterocycles. The van der Waals surface area contributed by atoms with Crippen molar-refractivity contribution in [2.24, 2.45) is 5.73 Å². The smallest absolute Gasteiger partial charge is 0.350 e. The van der Waals surface area contributed by atoms with Gasteiger partial charge in [0.15, 0.2) is 0 Å². The predicted octanol–water partition coefficient (Wildman–Crippen LogP) is 2.22. The van der Waals surface area contributed by atoms with E-state index in [9.17, 15) is 4.79 Å². The number of ether oxygens (including phenoxy) is 1. The molecule has 0 atom stereocenters. The molecule has 0 amide bonds. The summed E-state index contributed by atoms with van der Waals surface area (Å²) in [4.78, 5) is 16.9. The number of aryl methyl sites for hydroxylation is 1. The van der Waals surface area contributed by atoms with Gasteiger partial charge in [-0.05, 0) is 32.6 Å². The highest BCUT2D eigenvalue weighted by atomic mass is 32.1. The van der Waals surface area contributed by atoms with Crippen LogP contribution in [0, 0.1) is 0 Å². The maximum Gasteiger partial charge on any atom is 0.350 e. The Balaban J connectivity index is 2.29. The third kappa shape index (κ3) is 2.21. The Bertz CT molecular complexity index is 424. The zero-order valence-corrected chi connectivity index (χ0v) is 11.1. The van der Waals surface area contributed by atoms with E-state index in [1.54, 1.807) is 0 Å². The molecule has 1 aromatic rings. The summed E-state index contributed by atoms with van der Waals surface area (Å²) < 4.78 is 5.04. The van der Waals surface area contributed by atoms with Crippen LogP contribution in [-0.2, 0) is 16.7 Å². The summed E-state index contributed by atoms with van der Waals surface area (Å²) in [6.45, 7) is 4.19. The van der Waals surface area contributed by atoms with Crippen molar-refractivity contribution < 1.29 is 9.53 Å². The Kier molecular flexibility index (Phi) is 3.49. The Morgan fingerprint density at radius 2 is 2.24 bits per heavy atom. The minimum atomic E-state index is -0.292. The molecule has 1 saturated carbocycles. The quantitative estimate of drug-likeness (QED) is 0.837. The number of thiazole rings is 1. The number of aromatic nitrogens is 1. The number of carbonyl (C=O) groups is 1. The first-order chi connectivity index (χ1) is 8.10.